The van der Waals surface area contributed by atoms with Crippen molar-refractivity contribution in [2.75, 3.05) is 0 Å². The molecule has 14 heavy (non-hydrogen) atoms. The highest BCUT2D eigenvalue weighted by atomic mass is 28.1. The average molecular weight is 205 g/mol. The van der Waals surface area contributed by atoms with Crippen LogP contribution in [0.3, 0.4) is 0 Å². The Hall–Kier alpha value is -0.763. The summed E-state index contributed by atoms with van der Waals surface area (Å²) >= 11 is 0. The Kier molecular flexibility index (Phi) is 3.37. The van der Waals surface area contributed by atoms with Crippen molar-refractivity contribution in [1.82, 2.24) is 0 Å². The van der Waals surface area contributed by atoms with Crippen LogP contribution in [0.5, 0.6) is 5.75 Å². The molecule has 0 N–H and O–H groups in total. The van der Waals surface area contributed by atoms with Crippen LogP contribution in [0, 0.1) is 27.7 Å². The molecule has 1 rings (SSSR count). The van der Waals surface area contributed by atoms with Crippen molar-refractivity contribution in [2.45, 2.75) is 40.3 Å². The van der Waals surface area contributed by atoms with Gasteiger partial charge in [0.05, 0.1) is 16.0 Å². The summed E-state index contributed by atoms with van der Waals surface area (Å²) in [5.74, 6) is 0.980. The van der Waals surface area contributed by atoms with Crippen LogP contribution in [0.15, 0.2) is 6.07 Å². The third-order valence-electron chi connectivity index (χ3n) is 2.74. The lowest BCUT2D eigenvalue weighted by atomic mass is 9.99. The van der Waals surface area contributed by atoms with Gasteiger partial charge in [0.15, 0.2) is 0 Å². The van der Waals surface area contributed by atoms with Crippen LogP contribution in [0.4, 0.5) is 0 Å². The smallest absolute Gasteiger partial charge is 0.122 e. The molecule has 0 saturated carbocycles. The van der Waals surface area contributed by atoms with Gasteiger partial charge in [-0.2, -0.15) is 0 Å². The average Bonchev–Trinajstić information content (AvgIpc) is 2.10. The highest BCUT2D eigenvalue weighted by Gasteiger charge is 2.08. The fraction of sp³-hybridized carbons (Fsp3) is 0.500. The minimum Gasteiger partial charge on any atom is -0.495 e. The molecule has 75 valence electrons. The minimum atomic E-state index is 0.0511. The molecular formula is C12H17OSi. The van der Waals surface area contributed by atoms with E-state index < -0.39 is 0 Å². The Labute approximate surface area is 89.9 Å². The maximum absolute atomic E-state index is 5.68. The van der Waals surface area contributed by atoms with E-state index in [9.17, 15) is 0 Å². The Balaban J connectivity index is 3.19. The standard InChI is InChI=1S/C12H17OSi/c1-7-6-12(13-11(5)14)10(4)9(3)8(7)2/h6,11H,1-5H3. The van der Waals surface area contributed by atoms with Crippen molar-refractivity contribution in [3.05, 3.63) is 28.3 Å². The molecule has 1 aromatic rings. The molecule has 2 heteroatoms. The first-order chi connectivity index (χ1) is 6.43. The number of ether oxygens (including phenoxy) is 1. The lowest BCUT2D eigenvalue weighted by Gasteiger charge is -2.17. The Morgan fingerprint density at radius 1 is 1.07 bits per heavy atom. The van der Waals surface area contributed by atoms with Crippen molar-refractivity contribution in [1.29, 1.82) is 0 Å². The molecule has 1 atom stereocenters. The number of aryl methyl sites for hydroxylation is 1. The second-order valence-corrected chi connectivity index (χ2v) is 4.64. The second kappa shape index (κ2) is 4.18. The van der Waals surface area contributed by atoms with Crippen molar-refractivity contribution >= 4 is 10.2 Å². The molecule has 1 unspecified atom stereocenters. The van der Waals surface area contributed by atoms with Crippen molar-refractivity contribution in [2.24, 2.45) is 0 Å². The maximum atomic E-state index is 5.68. The van der Waals surface area contributed by atoms with Crippen LogP contribution in [0.1, 0.15) is 29.2 Å². The fourth-order valence-corrected chi connectivity index (χ4v) is 1.61. The molecule has 0 spiro atoms. The molecule has 0 heterocycles. The van der Waals surface area contributed by atoms with Gasteiger partial charge < -0.3 is 4.74 Å². The zero-order chi connectivity index (χ0) is 10.9. The molecule has 0 aliphatic heterocycles. The Bertz CT molecular complexity index is 343. The van der Waals surface area contributed by atoms with Crippen molar-refractivity contribution in [3.8, 4) is 5.75 Å². The highest BCUT2D eigenvalue weighted by Crippen LogP contribution is 2.27. The summed E-state index contributed by atoms with van der Waals surface area (Å²) in [6.45, 7) is 10.5. The molecule has 0 amide bonds. The minimum absolute atomic E-state index is 0.0511. The summed E-state index contributed by atoms with van der Waals surface area (Å²) < 4.78 is 5.68. The molecule has 0 aromatic heterocycles. The molecule has 0 bridgehead atoms. The lowest BCUT2D eigenvalue weighted by molar-refractivity contribution is 0.298. The third kappa shape index (κ3) is 2.18. The number of rotatable bonds is 2. The summed E-state index contributed by atoms with van der Waals surface area (Å²) in [4.78, 5) is 0. The Morgan fingerprint density at radius 3 is 2.14 bits per heavy atom. The predicted octanol–water partition coefficient (Wildman–Crippen LogP) is 2.81. The molecule has 1 nitrogen and oxygen atoms in total. The summed E-state index contributed by atoms with van der Waals surface area (Å²) in [6, 6.07) is 2.11. The third-order valence-corrected chi connectivity index (χ3v) is 2.86. The number of hydrogen-bond donors (Lipinski definition) is 0. The van der Waals surface area contributed by atoms with Gasteiger partial charge in [-0.1, -0.05) is 0 Å². The summed E-state index contributed by atoms with van der Waals surface area (Å²) in [7, 11) is 3.44. The SMILES string of the molecule is Cc1cc(OC(C)[Si])c(C)c(C)c1C. The quantitative estimate of drug-likeness (QED) is 0.675. The molecule has 0 aliphatic rings. The topological polar surface area (TPSA) is 9.23 Å². The first-order valence-corrected chi connectivity index (χ1v) is 5.46. The molecule has 3 radical (unpaired) electrons. The van der Waals surface area contributed by atoms with Crippen molar-refractivity contribution in [3.63, 3.8) is 0 Å². The van der Waals surface area contributed by atoms with Gasteiger partial charge in [-0.05, 0) is 62.9 Å². The van der Waals surface area contributed by atoms with Gasteiger partial charge in [0.1, 0.15) is 5.75 Å². The van der Waals surface area contributed by atoms with Gasteiger partial charge in [0.25, 0.3) is 0 Å². The van der Waals surface area contributed by atoms with Crippen LogP contribution < -0.4 is 4.74 Å². The van der Waals surface area contributed by atoms with E-state index in [2.05, 4.69) is 44.0 Å². The van der Waals surface area contributed by atoms with Crippen LogP contribution >= 0.6 is 0 Å². The van der Waals surface area contributed by atoms with Gasteiger partial charge in [0, 0.05) is 0 Å². The first-order valence-electron chi connectivity index (χ1n) is 4.88. The van der Waals surface area contributed by atoms with Crippen LogP contribution in [-0.2, 0) is 0 Å². The zero-order valence-electron chi connectivity index (χ0n) is 9.56. The summed E-state index contributed by atoms with van der Waals surface area (Å²) in [6.07, 6.45) is 0. The molecule has 0 saturated heterocycles. The van der Waals surface area contributed by atoms with E-state index in [0.29, 0.717) is 0 Å². The van der Waals surface area contributed by atoms with Crippen LogP contribution in [0.2, 0.25) is 0 Å². The van der Waals surface area contributed by atoms with E-state index >= 15 is 0 Å². The predicted molar refractivity (Wildman–Crippen MR) is 61.2 cm³/mol. The van der Waals surface area contributed by atoms with E-state index in [1.165, 1.54) is 22.3 Å². The largest absolute Gasteiger partial charge is 0.495 e. The van der Waals surface area contributed by atoms with Gasteiger partial charge in [-0.25, -0.2) is 0 Å². The number of benzene rings is 1. The van der Waals surface area contributed by atoms with Crippen LogP contribution in [-0.4, -0.2) is 16.0 Å². The summed E-state index contributed by atoms with van der Waals surface area (Å²) in [5, 5.41) is 0. The van der Waals surface area contributed by atoms with Crippen LogP contribution in [0.25, 0.3) is 0 Å². The van der Waals surface area contributed by atoms with E-state index in [0.717, 1.165) is 5.75 Å². The van der Waals surface area contributed by atoms with Crippen molar-refractivity contribution < 1.29 is 4.74 Å². The van der Waals surface area contributed by atoms with Gasteiger partial charge >= 0.3 is 0 Å². The maximum Gasteiger partial charge on any atom is 0.122 e. The zero-order valence-corrected chi connectivity index (χ0v) is 10.6. The van der Waals surface area contributed by atoms with E-state index in [-0.39, 0.29) is 5.73 Å². The van der Waals surface area contributed by atoms with Gasteiger partial charge in [-0.15, -0.1) is 0 Å². The molecular weight excluding hydrogens is 188 g/mol. The Morgan fingerprint density at radius 2 is 1.64 bits per heavy atom. The lowest BCUT2D eigenvalue weighted by Crippen LogP contribution is -2.12. The summed E-state index contributed by atoms with van der Waals surface area (Å²) in [5.41, 5.74) is 5.26. The normalized spacial score (nSPS) is 12.7. The molecule has 0 fully saturated rings. The first kappa shape index (κ1) is 11.3. The molecule has 0 aliphatic carbocycles. The van der Waals surface area contributed by atoms with E-state index in [1.807, 2.05) is 6.92 Å². The number of hydrogen-bond acceptors (Lipinski definition) is 1. The van der Waals surface area contributed by atoms with Gasteiger partial charge in [-0.3, -0.25) is 0 Å². The second-order valence-electron chi connectivity index (χ2n) is 3.83. The van der Waals surface area contributed by atoms with E-state index in [4.69, 9.17) is 4.74 Å². The fourth-order valence-electron chi connectivity index (χ4n) is 1.49. The monoisotopic (exact) mass is 205 g/mol. The molecule has 1 aromatic carbocycles. The highest BCUT2D eigenvalue weighted by molar-refractivity contribution is 6.10. The van der Waals surface area contributed by atoms with Gasteiger partial charge in [0.2, 0.25) is 0 Å². The van der Waals surface area contributed by atoms with E-state index in [1.54, 1.807) is 0 Å².